The van der Waals surface area contributed by atoms with Gasteiger partial charge in [0.25, 0.3) is 0 Å². The lowest BCUT2D eigenvalue weighted by atomic mass is 9.87. The molecule has 2 nitrogen and oxygen atoms in total. The number of rotatable bonds is 6. The third-order valence-corrected chi connectivity index (χ3v) is 3.73. The Morgan fingerprint density at radius 1 is 1.26 bits per heavy atom. The molecule has 0 aliphatic heterocycles. The molecule has 19 heavy (non-hydrogen) atoms. The van der Waals surface area contributed by atoms with E-state index in [-0.39, 0.29) is 11.6 Å². The van der Waals surface area contributed by atoms with Gasteiger partial charge in [-0.15, -0.1) is 0 Å². The van der Waals surface area contributed by atoms with E-state index in [2.05, 4.69) is 12.2 Å². The van der Waals surface area contributed by atoms with Crippen LogP contribution in [0.15, 0.2) is 18.2 Å². The molecular weight excluding hydrogens is 246 g/mol. The summed E-state index contributed by atoms with van der Waals surface area (Å²) >= 11 is 0. The molecule has 0 aromatic heterocycles. The summed E-state index contributed by atoms with van der Waals surface area (Å²) in [6.07, 6.45) is 0.961. The average molecular weight is 270 g/mol. The van der Waals surface area contributed by atoms with E-state index in [0.29, 0.717) is 5.56 Å². The van der Waals surface area contributed by atoms with Gasteiger partial charge in [0.05, 0.1) is 6.04 Å². The smallest absolute Gasteiger partial charge is 0.130 e. The highest BCUT2D eigenvalue weighted by Gasteiger charge is 2.34. The number of nitrogens with zero attached hydrogens (tertiary/aromatic N) is 1. The summed E-state index contributed by atoms with van der Waals surface area (Å²) in [4.78, 5) is 2.04. The van der Waals surface area contributed by atoms with E-state index >= 15 is 0 Å². The first-order valence-corrected chi connectivity index (χ1v) is 6.66. The number of benzene rings is 1. The fourth-order valence-electron chi connectivity index (χ4n) is 2.02. The molecule has 108 valence electrons. The molecule has 0 heterocycles. The Morgan fingerprint density at radius 3 is 2.37 bits per heavy atom. The number of hydrogen-bond acceptors (Lipinski definition) is 2. The van der Waals surface area contributed by atoms with Crippen LogP contribution in [0.3, 0.4) is 0 Å². The van der Waals surface area contributed by atoms with Crippen molar-refractivity contribution in [1.82, 2.24) is 10.2 Å². The van der Waals surface area contributed by atoms with Crippen LogP contribution in [0.25, 0.3) is 0 Å². The van der Waals surface area contributed by atoms with E-state index < -0.39 is 11.6 Å². The van der Waals surface area contributed by atoms with Gasteiger partial charge in [-0.3, -0.25) is 0 Å². The summed E-state index contributed by atoms with van der Waals surface area (Å²) in [5.41, 5.74) is 0.224. The Morgan fingerprint density at radius 2 is 1.89 bits per heavy atom. The molecule has 0 spiro atoms. The van der Waals surface area contributed by atoms with Gasteiger partial charge in [0.15, 0.2) is 0 Å². The maximum atomic E-state index is 14.0. The van der Waals surface area contributed by atoms with Crippen LogP contribution in [0.1, 0.15) is 38.8 Å². The highest BCUT2D eigenvalue weighted by atomic mass is 19.1. The third-order valence-electron chi connectivity index (χ3n) is 3.73. The molecule has 0 aliphatic rings. The monoisotopic (exact) mass is 270 g/mol. The molecule has 0 saturated carbocycles. The van der Waals surface area contributed by atoms with Crippen molar-refractivity contribution in [3.63, 3.8) is 0 Å². The summed E-state index contributed by atoms with van der Waals surface area (Å²) in [7, 11) is 3.92. The Bertz CT molecular complexity index is 417. The van der Waals surface area contributed by atoms with Crippen molar-refractivity contribution in [2.75, 3.05) is 20.6 Å². The van der Waals surface area contributed by atoms with Crippen molar-refractivity contribution in [2.45, 2.75) is 38.8 Å². The van der Waals surface area contributed by atoms with Crippen LogP contribution in [0.2, 0.25) is 0 Å². The molecule has 1 atom stereocenters. The minimum Gasteiger partial charge on any atom is -0.308 e. The van der Waals surface area contributed by atoms with Gasteiger partial charge in [-0.25, -0.2) is 8.78 Å². The second-order valence-corrected chi connectivity index (χ2v) is 5.60. The van der Waals surface area contributed by atoms with Crippen molar-refractivity contribution < 1.29 is 8.78 Å². The summed E-state index contributed by atoms with van der Waals surface area (Å²) in [5, 5.41) is 3.36. The fraction of sp³-hybridized carbons (Fsp3) is 0.600. The van der Waals surface area contributed by atoms with Gasteiger partial charge in [0.1, 0.15) is 11.6 Å². The second-order valence-electron chi connectivity index (χ2n) is 5.60. The summed E-state index contributed by atoms with van der Waals surface area (Å²) in [5.74, 6) is -1.04. The van der Waals surface area contributed by atoms with E-state index in [1.165, 1.54) is 12.1 Å². The van der Waals surface area contributed by atoms with Crippen LogP contribution in [0.4, 0.5) is 8.78 Å². The standard InChI is InChI=1S/C15H24F2N2/c1-6-9-18-14(15(2,3)19(4)5)12-8-7-11(16)10-13(12)17/h7-8,10,14,18H,6,9H2,1-5H3. The number of hydrogen-bond donors (Lipinski definition) is 1. The van der Waals surface area contributed by atoms with Gasteiger partial charge in [0, 0.05) is 17.2 Å². The van der Waals surface area contributed by atoms with Crippen LogP contribution in [-0.2, 0) is 0 Å². The first kappa shape index (κ1) is 16.1. The minimum atomic E-state index is -0.543. The largest absolute Gasteiger partial charge is 0.308 e. The normalized spacial score (nSPS) is 13.9. The maximum Gasteiger partial charge on any atom is 0.130 e. The van der Waals surface area contributed by atoms with Gasteiger partial charge >= 0.3 is 0 Å². The van der Waals surface area contributed by atoms with Crippen molar-refractivity contribution in [3.8, 4) is 0 Å². The SMILES string of the molecule is CCCNC(c1ccc(F)cc1F)C(C)(C)N(C)C. The Balaban J connectivity index is 3.16. The van der Waals surface area contributed by atoms with Crippen molar-refractivity contribution >= 4 is 0 Å². The zero-order valence-corrected chi connectivity index (χ0v) is 12.4. The van der Waals surface area contributed by atoms with Crippen molar-refractivity contribution in [1.29, 1.82) is 0 Å². The molecule has 0 amide bonds. The Labute approximate surface area is 114 Å². The quantitative estimate of drug-likeness (QED) is 0.853. The highest BCUT2D eigenvalue weighted by Crippen LogP contribution is 2.31. The van der Waals surface area contributed by atoms with Crippen molar-refractivity contribution in [2.24, 2.45) is 0 Å². The second kappa shape index (κ2) is 6.44. The highest BCUT2D eigenvalue weighted by molar-refractivity contribution is 5.25. The molecule has 0 bridgehead atoms. The maximum absolute atomic E-state index is 14.0. The Hall–Kier alpha value is -1.00. The topological polar surface area (TPSA) is 15.3 Å². The first-order valence-electron chi connectivity index (χ1n) is 6.66. The third kappa shape index (κ3) is 3.74. The van der Waals surface area contributed by atoms with E-state index in [4.69, 9.17) is 0 Å². The predicted molar refractivity (Wildman–Crippen MR) is 75.2 cm³/mol. The van der Waals surface area contributed by atoms with Crippen LogP contribution >= 0.6 is 0 Å². The number of nitrogens with one attached hydrogen (secondary N) is 1. The summed E-state index contributed by atoms with van der Waals surface area (Å²) in [6.45, 7) is 6.94. The molecule has 0 aliphatic carbocycles. The lowest BCUT2D eigenvalue weighted by Gasteiger charge is -2.41. The van der Waals surface area contributed by atoms with E-state index in [1.54, 1.807) is 0 Å². The molecule has 1 aromatic rings. The predicted octanol–water partition coefficient (Wildman–Crippen LogP) is 3.35. The van der Waals surface area contributed by atoms with Crippen LogP contribution in [-0.4, -0.2) is 31.1 Å². The van der Waals surface area contributed by atoms with Crippen LogP contribution < -0.4 is 5.32 Å². The molecule has 1 rings (SSSR count). The van der Waals surface area contributed by atoms with Crippen LogP contribution in [0.5, 0.6) is 0 Å². The molecule has 1 aromatic carbocycles. The molecule has 1 unspecified atom stereocenters. The minimum absolute atomic E-state index is 0.192. The van der Waals surface area contributed by atoms with Gasteiger partial charge in [0.2, 0.25) is 0 Å². The number of likely N-dealkylation sites (N-methyl/N-ethyl adjacent to an activating group) is 1. The zero-order valence-electron chi connectivity index (χ0n) is 12.4. The molecule has 0 saturated heterocycles. The van der Waals surface area contributed by atoms with E-state index in [0.717, 1.165) is 19.0 Å². The first-order chi connectivity index (χ1) is 8.80. The van der Waals surface area contributed by atoms with E-state index in [9.17, 15) is 8.78 Å². The summed E-state index contributed by atoms with van der Waals surface area (Å²) < 4.78 is 27.1. The fourth-order valence-corrected chi connectivity index (χ4v) is 2.02. The molecule has 0 radical (unpaired) electrons. The zero-order chi connectivity index (χ0) is 14.6. The van der Waals surface area contributed by atoms with Crippen LogP contribution in [0, 0.1) is 11.6 Å². The molecular formula is C15H24F2N2. The molecule has 1 N–H and O–H groups in total. The molecule has 0 fully saturated rings. The summed E-state index contributed by atoms with van der Waals surface area (Å²) in [6, 6.07) is 3.60. The average Bonchev–Trinajstić information content (AvgIpc) is 2.31. The van der Waals surface area contributed by atoms with Gasteiger partial charge in [-0.1, -0.05) is 13.0 Å². The van der Waals surface area contributed by atoms with Gasteiger partial charge in [-0.05, 0) is 47.0 Å². The van der Waals surface area contributed by atoms with Crippen molar-refractivity contribution in [3.05, 3.63) is 35.4 Å². The lowest BCUT2D eigenvalue weighted by Crippen LogP contribution is -2.49. The number of halogens is 2. The Kier molecular flexibility index (Phi) is 5.44. The van der Waals surface area contributed by atoms with Gasteiger partial charge < -0.3 is 10.2 Å². The van der Waals surface area contributed by atoms with Gasteiger partial charge in [-0.2, -0.15) is 0 Å². The molecule has 4 heteroatoms. The van der Waals surface area contributed by atoms with E-state index in [1.807, 2.05) is 32.8 Å². The lowest BCUT2D eigenvalue weighted by molar-refractivity contribution is 0.135.